The van der Waals surface area contributed by atoms with E-state index >= 15 is 0 Å². The fourth-order valence-corrected chi connectivity index (χ4v) is 4.64. The normalized spacial score (nSPS) is 20.7. The molecule has 0 unspecified atom stereocenters. The van der Waals surface area contributed by atoms with Crippen molar-refractivity contribution in [2.24, 2.45) is 5.92 Å². The molecule has 3 aliphatic rings. The van der Waals surface area contributed by atoms with Crippen molar-refractivity contribution in [3.8, 4) is 11.3 Å². The Morgan fingerprint density at radius 2 is 2.17 bits per heavy atom. The van der Waals surface area contributed by atoms with Crippen LogP contribution in [0, 0.1) is 5.92 Å². The zero-order valence-electron chi connectivity index (χ0n) is 20.6. The minimum atomic E-state index is 0.171. The SMILES string of the molecule is CCCN(C)CCOC1=CC=C2Nc3nccc(n3)-c3coc(c3)CCC/C=C/COCC3=C2[C@@H]13. The summed E-state index contributed by atoms with van der Waals surface area (Å²) in [5.41, 5.74) is 5.32. The first kappa shape index (κ1) is 23.6. The third-order valence-corrected chi connectivity index (χ3v) is 6.52. The summed E-state index contributed by atoms with van der Waals surface area (Å²) in [6, 6.07) is 3.99. The molecule has 2 aliphatic carbocycles. The Labute approximate surface area is 207 Å². The van der Waals surface area contributed by atoms with Crippen molar-refractivity contribution < 1.29 is 13.9 Å². The number of rotatable bonds is 6. The maximum Gasteiger partial charge on any atom is 0.227 e. The Bertz CT molecular complexity index is 1160. The lowest BCUT2D eigenvalue weighted by molar-refractivity contribution is 0.156. The average molecular weight is 475 g/mol. The van der Waals surface area contributed by atoms with Gasteiger partial charge in [0.2, 0.25) is 5.95 Å². The van der Waals surface area contributed by atoms with E-state index < -0.39 is 0 Å². The first-order valence-corrected chi connectivity index (χ1v) is 12.6. The van der Waals surface area contributed by atoms with Crippen LogP contribution in [0.1, 0.15) is 31.9 Å². The lowest BCUT2D eigenvalue weighted by Crippen LogP contribution is -2.24. The van der Waals surface area contributed by atoms with Crippen LogP contribution in [0.15, 0.2) is 75.9 Å². The number of hydrogen-bond acceptors (Lipinski definition) is 7. The smallest absolute Gasteiger partial charge is 0.227 e. The van der Waals surface area contributed by atoms with Crippen molar-refractivity contribution in [2.75, 3.05) is 45.3 Å². The standard InChI is InChI=1S/C28H34N4O3/c1-3-13-32(2)14-16-34-25-10-9-24-26-22(27(25)26)19-33-15-7-5-4-6-8-21-17-20(18-35-21)23-11-12-29-28(30-23)31-24/h5,7,9-12,17-18,27H,3-4,6,8,13-16,19H2,1-2H3,(H,29,30,31)/b7-5+/t27-/m1/s1. The van der Waals surface area contributed by atoms with Crippen LogP contribution in [0.3, 0.4) is 0 Å². The largest absolute Gasteiger partial charge is 0.496 e. The van der Waals surface area contributed by atoms with E-state index in [1.54, 1.807) is 12.5 Å². The second-order valence-electron chi connectivity index (χ2n) is 9.24. The first-order valence-electron chi connectivity index (χ1n) is 12.6. The predicted molar refractivity (Wildman–Crippen MR) is 137 cm³/mol. The monoisotopic (exact) mass is 474 g/mol. The van der Waals surface area contributed by atoms with E-state index in [0.717, 1.165) is 67.2 Å². The average Bonchev–Trinajstić information content (AvgIpc) is 3.39. The number of likely N-dealkylation sites (N-methyl/N-ethyl adjacent to an activating group) is 1. The Morgan fingerprint density at radius 1 is 1.23 bits per heavy atom. The highest BCUT2D eigenvalue weighted by Gasteiger charge is 2.44. The van der Waals surface area contributed by atoms with Gasteiger partial charge in [0, 0.05) is 30.4 Å². The molecule has 0 spiro atoms. The van der Waals surface area contributed by atoms with Crippen molar-refractivity contribution >= 4 is 5.95 Å². The number of hydrogen-bond donors (Lipinski definition) is 1. The van der Waals surface area contributed by atoms with Gasteiger partial charge in [-0.25, -0.2) is 9.97 Å². The van der Waals surface area contributed by atoms with E-state index in [1.165, 1.54) is 11.1 Å². The van der Waals surface area contributed by atoms with Gasteiger partial charge in [-0.3, -0.25) is 0 Å². The fraction of sp³-hybridized carbons (Fsp3) is 0.429. The minimum absolute atomic E-state index is 0.171. The number of anilines is 1. The van der Waals surface area contributed by atoms with Crippen LogP contribution in [0.2, 0.25) is 0 Å². The number of aromatic nitrogens is 2. The van der Waals surface area contributed by atoms with Crippen LogP contribution in [-0.4, -0.2) is 54.8 Å². The van der Waals surface area contributed by atoms with E-state index in [0.29, 0.717) is 25.8 Å². The second-order valence-corrected chi connectivity index (χ2v) is 9.24. The van der Waals surface area contributed by atoms with E-state index in [-0.39, 0.29) is 5.92 Å². The van der Waals surface area contributed by atoms with Gasteiger partial charge in [0.05, 0.1) is 24.8 Å². The van der Waals surface area contributed by atoms with Gasteiger partial charge < -0.3 is 24.1 Å². The molecule has 1 aliphatic heterocycles. The Balaban J connectivity index is 1.36. The molecule has 0 radical (unpaired) electrons. The summed E-state index contributed by atoms with van der Waals surface area (Å²) in [5.74, 6) is 2.71. The highest BCUT2D eigenvalue weighted by molar-refractivity contribution is 5.67. The second kappa shape index (κ2) is 11.1. The molecule has 7 nitrogen and oxygen atoms in total. The maximum absolute atomic E-state index is 6.21. The van der Waals surface area contributed by atoms with Crippen molar-refractivity contribution in [1.29, 1.82) is 0 Å². The van der Waals surface area contributed by atoms with Crippen LogP contribution >= 0.6 is 0 Å². The number of nitrogens with one attached hydrogen (secondary N) is 1. The summed E-state index contributed by atoms with van der Waals surface area (Å²) < 4.78 is 18.0. The van der Waals surface area contributed by atoms with Crippen LogP contribution in [0.25, 0.3) is 11.3 Å². The number of ether oxygens (including phenoxy) is 2. The minimum Gasteiger partial charge on any atom is -0.496 e. The van der Waals surface area contributed by atoms with Gasteiger partial charge in [-0.1, -0.05) is 19.1 Å². The molecule has 7 heteroatoms. The molecule has 2 aromatic rings. The lowest BCUT2D eigenvalue weighted by Gasteiger charge is -2.19. The highest BCUT2D eigenvalue weighted by Crippen LogP contribution is 2.51. The van der Waals surface area contributed by atoms with Gasteiger partial charge in [0.15, 0.2) is 0 Å². The van der Waals surface area contributed by atoms with Crippen molar-refractivity contribution in [1.82, 2.24) is 14.9 Å². The molecule has 184 valence electrons. The number of aryl methyl sites for hydroxylation is 1. The first-order chi connectivity index (χ1) is 17.2. The highest BCUT2D eigenvalue weighted by atomic mass is 16.5. The zero-order valence-corrected chi connectivity index (χ0v) is 20.6. The number of furan rings is 1. The third-order valence-electron chi connectivity index (χ3n) is 6.52. The molecule has 0 saturated heterocycles. The van der Waals surface area contributed by atoms with Gasteiger partial charge in [0.25, 0.3) is 0 Å². The summed E-state index contributed by atoms with van der Waals surface area (Å²) >= 11 is 0. The van der Waals surface area contributed by atoms with Crippen LogP contribution < -0.4 is 5.32 Å². The van der Waals surface area contributed by atoms with Crippen LogP contribution in [0.4, 0.5) is 5.95 Å². The summed E-state index contributed by atoms with van der Waals surface area (Å²) in [6.45, 7) is 6.06. The maximum atomic E-state index is 6.21. The Hall–Kier alpha value is -3.16. The van der Waals surface area contributed by atoms with Crippen LogP contribution in [-0.2, 0) is 15.9 Å². The number of allylic oxidation sites excluding steroid dienone is 5. The number of nitrogens with zero attached hydrogens (tertiary/aromatic N) is 3. The Kier molecular flexibility index (Phi) is 7.45. The molecule has 5 rings (SSSR count). The zero-order chi connectivity index (χ0) is 24.0. The predicted octanol–water partition coefficient (Wildman–Crippen LogP) is 5.12. The molecule has 2 aromatic heterocycles. The van der Waals surface area contributed by atoms with Crippen molar-refractivity contribution in [3.05, 3.63) is 77.3 Å². The molecular formula is C28H34N4O3. The lowest BCUT2D eigenvalue weighted by atomic mass is 10.1. The summed E-state index contributed by atoms with van der Waals surface area (Å²) in [7, 11) is 2.14. The van der Waals surface area contributed by atoms with Gasteiger partial charge in [-0.15, -0.1) is 0 Å². The van der Waals surface area contributed by atoms with Crippen molar-refractivity contribution in [2.45, 2.75) is 32.6 Å². The third kappa shape index (κ3) is 5.74. The van der Waals surface area contributed by atoms with E-state index in [9.17, 15) is 0 Å². The molecule has 0 saturated carbocycles. The molecule has 3 heterocycles. The quantitative estimate of drug-likeness (QED) is 0.582. The van der Waals surface area contributed by atoms with Crippen LogP contribution in [0.5, 0.6) is 0 Å². The number of fused-ring (bicyclic) bond motifs is 6. The molecule has 1 atom stereocenters. The summed E-state index contributed by atoms with van der Waals surface area (Å²) in [4.78, 5) is 11.5. The van der Waals surface area contributed by atoms with E-state index in [4.69, 9.17) is 18.9 Å². The van der Waals surface area contributed by atoms with E-state index in [1.807, 2.05) is 6.07 Å². The molecular weight excluding hydrogens is 440 g/mol. The molecule has 0 aromatic carbocycles. The van der Waals surface area contributed by atoms with Gasteiger partial charge in [-0.05, 0) is 68.3 Å². The molecule has 0 amide bonds. The molecule has 35 heavy (non-hydrogen) atoms. The Morgan fingerprint density at radius 3 is 3.09 bits per heavy atom. The summed E-state index contributed by atoms with van der Waals surface area (Å²) in [6.07, 6.45) is 16.1. The van der Waals surface area contributed by atoms with Gasteiger partial charge >= 0.3 is 0 Å². The molecule has 0 fully saturated rings. The molecule has 4 bridgehead atoms. The topological polar surface area (TPSA) is 72.7 Å². The van der Waals surface area contributed by atoms with Gasteiger partial charge in [0.1, 0.15) is 24.4 Å². The van der Waals surface area contributed by atoms with E-state index in [2.05, 4.69) is 59.5 Å². The summed E-state index contributed by atoms with van der Waals surface area (Å²) in [5, 5.41) is 3.43. The van der Waals surface area contributed by atoms with Crippen molar-refractivity contribution in [3.63, 3.8) is 0 Å². The molecule has 1 N–H and O–H groups in total. The fourth-order valence-electron chi connectivity index (χ4n) is 4.64. The van der Waals surface area contributed by atoms with Gasteiger partial charge in [-0.2, -0.15) is 0 Å².